The summed E-state index contributed by atoms with van der Waals surface area (Å²) in [6.45, 7) is 5.43. The Balaban J connectivity index is 2.16. The van der Waals surface area contributed by atoms with E-state index in [-0.39, 0.29) is 10.9 Å². The van der Waals surface area contributed by atoms with Gasteiger partial charge in [0.1, 0.15) is 10.7 Å². The molecule has 0 spiro atoms. The van der Waals surface area contributed by atoms with Gasteiger partial charge in [-0.1, -0.05) is 6.92 Å². The van der Waals surface area contributed by atoms with E-state index in [1.807, 2.05) is 6.92 Å². The lowest BCUT2D eigenvalue weighted by molar-refractivity contribution is 0.367. The van der Waals surface area contributed by atoms with Crippen molar-refractivity contribution in [2.24, 2.45) is 0 Å². The number of aromatic nitrogens is 1. The minimum absolute atomic E-state index is 0.0386. The van der Waals surface area contributed by atoms with Gasteiger partial charge in [-0.25, -0.2) is 13.4 Å². The fourth-order valence-electron chi connectivity index (χ4n) is 2.09. The molecule has 1 aromatic rings. The minimum atomic E-state index is -3.42. The highest BCUT2D eigenvalue weighted by Gasteiger charge is 2.31. The Morgan fingerprint density at radius 2 is 2.30 bits per heavy atom. The molecule has 0 amide bonds. The second kappa shape index (κ2) is 6.78. The van der Waals surface area contributed by atoms with Gasteiger partial charge in [-0.15, -0.1) is 0 Å². The van der Waals surface area contributed by atoms with E-state index < -0.39 is 10.0 Å². The zero-order valence-electron chi connectivity index (χ0n) is 11.9. The molecule has 1 aliphatic heterocycles. The molecule has 1 unspecified atom stereocenters. The molecular weight excluding hydrogens is 294 g/mol. The molecule has 5 nitrogen and oxygen atoms in total. The standard InChI is InChI=1S/C13H21N3O2S2/c1-3-6-14-13-5-4-12(9-15-13)20(17,18)16-7-8-19-10-11(16)2/h4-5,9,11H,3,6-8,10H2,1-2H3,(H,14,15). The zero-order chi connectivity index (χ0) is 14.6. The van der Waals surface area contributed by atoms with Crippen LogP contribution in [0.25, 0.3) is 0 Å². The first-order chi connectivity index (χ1) is 9.55. The molecule has 0 bridgehead atoms. The quantitative estimate of drug-likeness (QED) is 0.901. The average molecular weight is 315 g/mol. The molecule has 20 heavy (non-hydrogen) atoms. The Labute approximate surface area is 125 Å². The van der Waals surface area contributed by atoms with Crippen molar-refractivity contribution in [1.29, 1.82) is 0 Å². The van der Waals surface area contributed by atoms with Gasteiger partial charge in [0.25, 0.3) is 0 Å². The first-order valence-electron chi connectivity index (χ1n) is 6.85. The molecule has 112 valence electrons. The zero-order valence-corrected chi connectivity index (χ0v) is 13.5. The SMILES string of the molecule is CCCNc1ccc(S(=O)(=O)N2CCSCC2C)cn1. The number of rotatable bonds is 5. The molecule has 7 heteroatoms. The van der Waals surface area contributed by atoms with Gasteiger partial charge in [0.2, 0.25) is 10.0 Å². The number of thioether (sulfide) groups is 1. The summed E-state index contributed by atoms with van der Waals surface area (Å²) < 4.78 is 26.7. The Kier molecular flexibility index (Phi) is 5.29. The summed E-state index contributed by atoms with van der Waals surface area (Å²) in [5.41, 5.74) is 0. The normalized spacial score (nSPS) is 20.8. The molecule has 0 aromatic carbocycles. The van der Waals surface area contributed by atoms with Gasteiger partial charge in [0.15, 0.2) is 0 Å². The lowest BCUT2D eigenvalue weighted by Gasteiger charge is -2.31. The predicted octanol–water partition coefficient (Wildman–Crippen LogP) is 2.03. The molecule has 0 radical (unpaired) electrons. The van der Waals surface area contributed by atoms with Crippen molar-refractivity contribution in [3.05, 3.63) is 18.3 Å². The molecule has 1 atom stereocenters. The van der Waals surface area contributed by atoms with Crippen LogP contribution in [0.15, 0.2) is 23.2 Å². The lowest BCUT2D eigenvalue weighted by Crippen LogP contribution is -2.44. The molecule has 2 rings (SSSR count). The van der Waals surface area contributed by atoms with Gasteiger partial charge in [0, 0.05) is 36.8 Å². The molecule has 0 saturated carbocycles. The van der Waals surface area contributed by atoms with Crippen LogP contribution in [-0.2, 0) is 10.0 Å². The van der Waals surface area contributed by atoms with Crippen LogP contribution in [0.4, 0.5) is 5.82 Å². The number of sulfonamides is 1. The molecule has 1 fully saturated rings. The summed E-state index contributed by atoms with van der Waals surface area (Å²) in [6, 6.07) is 3.40. The van der Waals surface area contributed by atoms with Gasteiger partial charge in [0.05, 0.1) is 0 Å². The number of hydrogen-bond donors (Lipinski definition) is 1. The molecule has 2 heterocycles. The second-order valence-electron chi connectivity index (χ2n) is 4.85. The lowest BCUT2D eigenvalue weighted by atomic mass is 10.4. The van der Waals surface area contributed by atoms with Crippen LogP contribution in [0.1, 0.15) is 20.3 Å². The van der Waals surface area contributed by atoms with Crippen LogP contribution < -0.4 is 5.32 Å². The van der Waals surface area contributed by atoms with Crippen LogP contribution in [0.3, 0.4) is 0 Å². The molecule has 1 aromatic heterocycles. The second-order valence-corrected chi connectivity index (χ2v) is 7.89. The summed E-state index contributed by atoms with van der Waals surface area (Å²) >= 11 is 1.80. The number of nitrogens with zero attached hydrogens (tertiary/aromatic N) is 2. The van der Waals surface area contributed by atoms with E-state index >= 15 is 0 Å². The summed E-state index contributed by atoms with van der Waals surface area (Å²) in [6.07, 6.45) is 2.45. The van der Waals surface area contributed by atoms with Gasteiger partial charge < -0.3 is 5.32 Å². The van der Waals surface area contributed by atoms with E-state index in [9.17, 15) is 8.42 Å². The maximum atomic E-state index is 12.6. The highest BCUT2D eigenvalue weighted by molar-refractivity contribution is 7.99. The van der Waals surface area contributed by atoms with Gasteiger partial charge in [-0.3, -0.25) is 0 Å². The fourth-order valence-corrected chi connectivity index (χ4v) is 4.90. The highest BCUT2D eigenvalue weighted by atomic mass is 32.2. The van der Waals surface area contributed by atoms with Gasteiger partial charge in [-0.05, 0) is 25.5 Å². The Morgan fingerprint density at radius 1 is 1.50 bits per heavy atom. The smallest absolute Gasteiger partial charge is 0.244 e. The van der Waals surface area contributed by atoms with Crippen LogP contribution in [-0.4, -0.2) is 48.3 Å². The van der Waals surface area contributed by atoms with Crippen molar-refractivity contribution in [3.63, 3.8) is 0 Å². The Bertz CT molecular complexity index is 531. The van der Waals surface area contributed by atoms with Crippen LogP contribution in [0, 0.1) is 0 Å². The number of pyridine rings is 1. The van der Waals surface area contributed by atoms with E-state index in [4.69, 9.17) is 0 Å². The third-order valence-corrected chi connectivity index (χ3v) is 6.39. The molecular formula is C13H21N3O2S2. The van der Waals surface area contributed by atoms with E-state index in [2.05, 4.69) is 17.2 Å². The largest absolute Gasteiger partial charge is 0.370 e. The molecule has 0 aliphatic carbocycles. The molecule has 1 aliphatic rings. The van der Waals surface area contributed by atoms with Crippen LogP contribution >= 0.6 is 11.8 Å². The van der Waals surface area contributed by atoms with E-state index in [1.165, 1.54) is 6.20 Å². The number of hydrogen-bond acceptors (Lipinski definition) is 5. The molecule has 1 N–H and O–H groups in total. The predicted molar refractivity (Wildman–Crippen MR) is 83.7 cm³/mol. The van der Waals surface area contributed by atoms with Crippen molar-refractivity contribution < 1.29 is 8.42 Å². The maximum Gasteiger partial charge on any atom is 0.244 e. The maximum absolute atomic E-state index is 12.6. The average Bonchev–Trinajstić information content (AvgIpc) is 2.46. The van der Waals surface area contributed by atoms with E-state index in [1.54, 1.807) is 28.2 Å². The highest BCUT2D eigenvalue weighted by Crippen LogP contribution is 2.24. The summed E-state index contributed by atoms with van der Waals surface area (Å²) in [5, 5.41) is 3.14. The third kappa shape index (κ3) is 3.45. The van der Waals surface area contributed by atoms with Crippen LogP contribution in [0.5, 0.6) is 0 Å². The molecule has 1 saturated heterocycles. The van der Waals surface area contributed by atoms with Crippen molar-refractivity contribution in [3.8, 4) is 0 Å². The summed E-state index contributed by atoms with van der Waals surface area (Å²) in [5.74, 6) is 2.42. The Morgan fingerprint density at radius 3 is 2.90 bits per heavy atom. The first kappa shape index (κ1) is 15.6. The topological polar surface area (TPSA) is 62.3 Å². The monoisotopic (exact) mass is 315 g/mol. The van der Waals surface area contributed by atoms with Gasteiger partial charge >= 0.3 is 0 Å². The van der Waals surface area contributed by atoms with Crippen molar-refractivity contribution >= 4 is 27.6 Å². The van der Waals surface area contributed by atoms with E-state index in [0.717, 1.165) is 24.5 Å². The first-order valence-corrected chi connectivity index (χ1v) is 9.44. The van der Waals surface area contributed by atoms with Crippen molar-refractivity contribution in [2.45, 2.75) is 31.2 Å². The van der Waals surface area contributed by atoms with Gasteiger partial charge in [-0.2, -0.15) is 16.1 Å². The fraction of sp³-hybridized carbons (Fsp3) is 0.615. The summed E-state index contributed by atoms with van der Waals surface area (Å²) in [7, 11) is -3.42. The van der Waals surface area contributed by atoms with Crippen molar-refractivity contribution in [2.75, 3.05) is 29.9 Å². The number of anilines is 1. The minimum Gasteiger partial charge on any atom is -0.370 e. The van der Waals surface area contributed by atoms with E-state index in [0.29, 0.717) is 12.4 Å². The van der Waals surface area contributed by atoms with Crippen molar-refractivity contribution in [1.82, 2.24) is 9.29 Å². The number of nitrogens with one attached hydrogen (secondary N) is 1. The summed E-state index contributed by atoms with van der Waals surface area (Å²) in [4.78, 5) is 4.46. The third-order valence-electron chi connectivity index (χ3n) is 3.21. The van der Waals surface area contributed by atoms with Crippen LogP contribution in [0.2, 0.25) is 0 Å². The Hall–Kier alpha value is -0.790.